The van der Waals surface area contributed by atoms with Crippen molar-refractivity contribution in [2.75, 3.05) is 13.2 Å². The molecule has 1 aliphatic heterocycles. The van der Waals surface area contributed by atoms with Crippen molar-refractivity contribution < 1.29 is 19.1 Å². The molecule has 0 unspecified atom stereocenters. The summed E-state index contributed by atoms with van der Waals surface area (Å²) in [5.74, 6) is 1.11. The molecule has 24 heavy (non-hydrogen) atoms. The molecule has 0 aromatic rings. The first-order valence-corrected chi connectivity index (χ1v) is 9.23. The highest BCUT2D eigenvalue weighted by atomic mass is 16.5. The number of carbonyl (C=O) groups is 3. The van der Waals surface area contributed by atoms with E-state index in [2.05, 4.69) is 0 Å². The summed E-state index contributed by atoms with van der Waals surface area (Å²) in [6, 6.07) is -0.537. The van der Waals surface area contributed by atoms with E-state index in [1.807, 2.05) is 0 Å². The predicted octanol–water partition coefficient (Wildman–Crippen LogP) is 1.22. The van der Waals surface area contributed by atoms with Gasteiger partial charge in [0.1, 0.15) is 6.04 Å². The SMILES string of the molecule is NC(=O)COC(=O)[C@@H]1CCCN1C(=O)C12CC3CC(CC(C3)C1)C2. The molecule has 0 spiro atoms. The molecule has 1 saturated heterocycles. The summed E-state index contributed by atoms with van der Waals surface area (Å²) in [6.07, 6.45) is 8.29. The second-order valence-electron chi connectivity index (χ2n) is 8.43. The summed E-state index contributed by atoms with van der Waals surface area (Å²) < 4.78 is 4.98. The van der Waals surface area contributed by atoms with E-state index in [0.717, 1.165) is 25.7 Å². The van der Waals surface area contributed by atoms with Gasteiger partial charge in [0.05, 0.1) is 5.41 Å². The van der Waals surface area contributed by atoms with E-state index in [-0.39, 0.29) is 11.3 Å². The Hall–Kier alpha value is -1.59. The maximum atomic E-state index is 13.4. The van der Waals surface area contributed by atoms with E-state index in [1.54, 1.807) is 4.90 Å². The van der Waals surface area contributed by atoms with Gasteiger partial charge in [-0.1, -0.05) is 0 Å². The lowest BCUT2D eigenvalue weighted by atomic mass is 9.49. The van der Waals surface area contributed by atoms with Crippen molar-refractivity contribution in [3.8, 4) is 0 Å². The van der Waals surface area contributed by atoms with Crippen molar-refractivity contribution in [3.05, 3.63) is 0 Å². The number of ether oxygens (including phenoxy) is 1. The van der Waals surface area contributed by atoms with Crippen LogP contribution in [-0.4, -0.2) is 41.9 Å². The molecule has 1 heterocycles. The zero-order valence-electron chi connectivity index (χ0n) is 14.0. The van der Waals surface area contributed by atoms with E-state index in [0.29, 0.717) is 30.7 Å². The molecule has 4 saturated carbocycles. The number of carbonyl (C=O) groups excluding carboxylic acids is 3. The van der Waals surface area contributed by atoms with Gasteiger partial charge < -0.3 is 15.4 Å². The highest BCUT2D eigenvalue weighted by molar-refractivity contribution is 5.89. The van der Waals surface area contributed by atoms with Crippen LogP contribution in [-0.2, 0) is 19.1 Å². The second-order valence-corrected chi connectivity index (χ2v) is 8.43. The van der Waals surface area contributed by atoms with Gasteiger partial charge in [0.2, 0.25) is 5.91 Å². The number of hydrogen-bond donors (Lipinski definition) is 1. The highest BCUT2D eigenvalue weighted by Gasteiger charge is 2.56. The summed E-state index contributed by atoms with van der Waals surface area (Å²) in [5, 5.41) is 0. The van der Waals surface area contributed by atoms with Crippen molar-refractivity contribution in [1.29, 1.82) is 0 Å². The van der Waals surface area contributed by atoms with Crippen LogP contribution in [0.4, 0.5) is 0 Å². The Morgan fingerprint density at radius 1 is 1.04 bits per heavy atom. The van der Waals surface area contributed by atoms with Crippen molar-refractivity contribution in [2.24, 2.45) is 28.9 Å². The minimum Gasteiger partial charge on any atom is -0.454 e. The number of primary amides is 1. The Kier molecular flexibility index (Phi) is 3.81. The lowest BCUT2D eigenvalue weighted by molar-refractivity contribution is -0.166. The van der Waals surface area contributed by atoms with Gasteiger partial charge in [0.15, 0.2) is 6.61 Å². The molecule has 4 bridgehead atoms. The average Bonchev–Trinajstić information content (AvgIpc) is 3.00. The van der Waals surface area contributed by atoms with E-state index >= 15 is 0 Å². The number of likely N-dealkylation sites (tertiary alicyclic amines) is 1. The van der Waals surface area contributed by atoms with Crippen molar-refractivity contribution in [2.45, 2.75) is 57.4 Å². The predicted molar refractivity (Wildman–Crippen MR) is 85.5 cm³/mol. The number of nitrogens with zero attached hydrogens (tertiary/aromatic N) is 1. The van der Waals surface area contributed by atoms with Crippen molar-refractivity contribution in [3.63, 3.8) is 0 Å². The average molecular weight is 334 g/mol. The molecule has 0 radical (unpaired) electrons. The molecule has 2 N–H and O–H groups in total. The van der Waals surface area contributed by atoms with Gasteiger partial charge in [0.25, 0.3) is 5.91 Å². The van der Waals surface area contributed by atoms with E-state index in [4.69, 9.17) is 10.5 Å². The number of nitrogens with two attached hydrogens (primary N) is 1. The fourth-order valence-corrected chi connectivity index (χ4v) is 6.17. The summed E-state index contributed by atoms with van der Waals surface area (Å²) in [7, 11) is 0. The number of esters is 1. The summed E-state index contributed by atoms with van der Waals surface area (Å²) in [6.45, 7) is 0.214. The minimum absolute atomic E-state index is 0.167. The van der Waals surface area contributed by atoms with Crippen LogP contribution < -0.4 is 5.73 Å². The van der Waals surface area contributed by atoms with Gasteiger partial charge in [-0.3, -0.25) is 9.59 Å². The maximum Gasteiger partial charge on any atom is 0.329 e. The van der Waals surface area contributed by atoms with E-state index in [9.17, 15) is 14.4 Å². The molecule has 5 rings (SSSR count). The van der Waals surface area contributed by atoms with Gasteiger partial charge in [-0.15, -0.1) is 0 Å². The Bertz CT molecular complexity index is 538. The molecule has 0 aromatic carbocycles. The molecule has 4 aliphatic carbocycles. The molecule has 2 amide bonds. The van der Waals surface area contributed by atoms with Gasteiger partial charge in [-0.2, -0.15) is 0 Å². The summed E-state index contributed by atoms with van der Waals surface area (Å²) in [5.41, 5.74) is 4.80. The minimum atomic E-state index is -0.666. The molecule has 6 nitrogen and oxygen atoms in total. The van der Waals surface area contributed by atoms with Crippen LogP contribution in [0.15, 0.2) is 0 Å². The Labute approximate surface area is 142 Å². The fraction of sp³-hybridized carbons (Fsp3) is 0.833. The third kappa shape index (κ3) is 2.60. The van der Waals surface area contributed by atoms with Crippen LogP contribution in [0, 0.1) is 23.2 Å². The van der Waals surface area contributed by atoms with Gasteiger partial charge in [0, 0.05) is 6.54 Å². The van der Waals surface area contributed by atoms with E-state index < -0.39 is 24.5 Å². The third-order valence-corrected chi connectivity index (χ3v) is 6.63. The summed E-state index contributed by atoms with van der Waals surface area (Å²) in [4.78, 5) is 38.2. The standard InChI is InChI=1S/C18H26N2O4/c19-15(21)10-24-16(22)14-2-1-3-20(14)17(23)18-7-11-4-12(8-18)6-13(5-11)9-18/h11-14H,1-10H2,(H2,19,21)/t11?,12?,13?,14-,18?/m0/s1. The molecule has 0 aromatic heterocycles. The first kappa shape index (κ1) is 15.9. The van der Waals surface area contributed by atoms with E-state index in [1.165, 1.54) is 19.3 Å². The molecule has 132 valence electrons. The highest BCUT2D eigenvalue weighted by Crippen LogP contribution is 2.60. The first-order chi connectivity index (χ1) is 11.5. The van der Waals surface area contributed by atoms with Crippen LogP contribution in [0.3, 0.4) is 0 Å². The van der Waals surface area contributed by atoms with Gasteiger partial charge in [-0.05, 0) is 69.1 Å². The topological polar surface area (TPSA) is 89.7 Å². The van der Waals surface area contributed by atoms with Gasteiger partial charge in [-0.25, -0.2) is 4.79 Å². The Morgan fingerprint density at radius 2 is 1.62 bits per heavy atom. The summed E-state index contributed by atoms with van der Waals surface area (Å²) >= 11 is 0. The molecule has 5 aliphatic rings. The molecule has 5 fully saturated rings. The smallest absolute Gasteiger partial charge is 0.329 e. The van der Waals surface area contributed by atoms with Crippen LogP contribution in [0.25, 0.3) is 0 Å². The van der Waals surface area contributed by atoms with Crippen LogP contribution >= 0.6 is 0 Å². The normalized spacial score (nSPS) is 39.9. The largest absolute Gasteiger partial charge is 0.454 e. The van der Waals surface area contributed by atoms with Crippen LogP contribution in [0.5, 0.6) is 0 Å². The quantitative estimate of drug-likeness (QED) is 0.783. The fourth-order valence-electron chi connectivity index (χ4n) is 6.17. The first-order valence-electron chi connectivity index (χ1n) is 9.23. The molecular formula is C18H26N2O4. The zero-order valence-corrected chi connectivity index (χ0v) is 14.0. The molecular weight excluding hydrogens is 308 g/mol. The Morgan fingerprint density at radius 3 is 2.17 bits per heavy atom. The monoisotopic (exact) mass is 334 g/mol. The number of hydrogen-bond acceptors (Lipinski definition) is 4. The van der Waals surface area contributed by atoms with Crippen LogP contribution in [0.2, 0.25) is 0 Å². The van der Waals surface area contributed by atoms with Gasteiger partial charge >= 0.3 is 5.97 Å². The van der Waals surface area contributed by atoms with Crippen molar-refractivity contribution in [1.82, 2.24) is 4.90 Å². The van der Waals surface area contributed by atoms with Crippen molar-refractivity contribution >= 4 is 17.8 Å². The lowest BCUT2D eigenvalue weighted by Crippen LogP contribution is -2.56. The third-order valence-electron chi connectivity index (χ3n) is 6.63. The molecule has 1 atom stereocenters. The lowest BCUT2D eigenvalue weighted by Gasteiger charge is -2.56. The Balaban J connectivity index is 1.49. The number of amides is 2. The second kappa shape index (κ2) is 5.74. The molecule has 6 heteroatoms. The number of rotatable bonds is 4. The maximum absolute atomic E-state index is 13.4. The van der Waals surface area contributed by atoms with Crippen LogP contribution in [0.1, 0.15) is 51.4 Å². The zero-order chi connectivity index (χ0) is 16.9.